The van der Waals surface area contributed by atoms with Gasteiger partial charge < -0.3 is 5.32 Å². The zero-order valence-electron chi connectivity index (χ0n) is 10.8. The van der Waals surface area contributed by atoms with E-state index in [1.807, 2.05) is 0 Å². The second-order valence-corrected chi connectivity index (χ2v) is 6.55. The van der Waals surface area contributed by atoms with Crippen LogP contribution in [-0.4, -0.2) is 21.3 Å². The summed E-state index contributed by atoms with van der Waals surface area (Å²) in [7, 11) is 0. The van der Waals surface area contributed by atoms with Crippen LogP contribution in [0.15, 0.2) is 0 Å². The third-order valence-corrected chi connectivity index (χ3v) is 4.10. The molecule has 3 nitrogen and oxygen atoms in total. The second kappa shape index (κ2) is 3.84. The van der Waals surface area contributed by atoms with Gasteiger partial charge in [-0.3, -0.25) is 5.01 Å². The van der Waals surface area contributed by atoms with Crippen molar-refractivity contribution in [2.24, 2.45) is 5.92 Å². The highest BCUT2D eigenvalue weighted by Gasteiger charge is 2.47. The fourth-order valence-electron chi connectivity index (χ4n) is 2.70. The first-order valence-electron chi connectivity index (χ1n) is 6.25. The highest BCUT2D eigenvalue weighted by Crippen LogP contribution is 2.35. The van der Waals surface area contributed by atoms with Gasteiger partial charge in [0.1, 0.15) is 5.66 Å². The van der Waals surface area contributed by atoms with Gasteiger partial charge in [-0.15, -0.1) is 0 Å². The van der Waals surface area contributed by atoms with Crippen molar-refractivity contribution in [2.45, 2.75) is 64.6 Å². The number of hydrazine groups is 1. The fourth-order valence-corrected chi connectivity index (χ4v) is 3.20. The molecule has 1 spiro atoms. The number of thiocarbonyl (C=S) groups is 1. The molecule has 1 heterocycles. The van der Waals surface area contributed by atoms with Crippen molar-refractivity contribution in [1.29, 1.82) is 0 Å². The van der Waals surface area contributed by atoms with Gasteiger partial charge in [-0.05, 0) is 58.2 Å². The average Bonchev–Trinajstić information content (AvgIpc) is 2.49. The van der Waals surface area contributed by atoms with E-state index in [0.717, 1.165) is 5.11 Å². The van der Waals surface area contributed by atoms with Gasteiger partial charge in [0.25, 0.3) is 0 Å². The molecule has 1 aliphatic heterocycles. The molecule has 0 amide bonds. The van der Waals surface area contributed by atoms with Crippen LogP contribution >= 0.6 is 12.2 Å². The van der Waals surface area contributed by atoms with Crippen molar-refractivity contribution in [2.75, 3.05) is 0 Å². The lowest BCUT2D eigenvalue weighted by Gasteiger charge is -2.41. The average molecular weight is 241 g/mol. The molecule has 2 aliphatic rings. The molecule has 92 valence electrons. The minimum absolute atomic E-state index is 0.0165. The van der Waals surface area contributed by atoms with Crippen LogP contribution in [-0.2, 0) is 0 Å². The Morgan fingerprint density at radius 1 is 1.38 bits per heavy atom. The van der Waals surface area contributed by atoms with Gasteiger partial charge in [0.2, 0.25) is 0 Å². The Labute approximate surface area is 104 Å². The van der Waals surface area contributed by atoms with Gasteiger partial charge in [0, 0.05) is 0 Å². The van der Waals surface area contributed by atoms with Gasteiger partial charge >= 0.3 is 0 Å². The maximum atomic E-state index is 5.45. The number of hydrogen-bond acceptors (Lipinski definition) is 2. The Hall–Kier alpha value is -0.350. The molecule has 0 bridgehead atoms. The topological polar surface area (TPSA) is 27.3 Å². The Morgan fingerprint density at radius 2 is 2.06 bits per heavy atom. The Bertz CT molecular complexity index is 297. The van der Waals surface area contributed by atoms with E-state index in [1.165, 1.54) is 25.7 Å². The lowest BCUT2D eigenvalue weighted by molar-refractivity contribution is 0.0694. The quantitative estimate of drug-likeness (QED) is 0.637. The van der Waals surface area contributed by atoms with Crippen molar-refractivity contribution in [3.05, 3.63) is 0 Å². The molecule has 1 saturated carbocycles. The number of nitrogens with zero attached hydrogens (tertiary/aromatic N) is 1. The van der Waals surface area contributed by atoms with Crippen molar-refractivity contribution >= 4 is 17.3 Å². The molecule has 16 heavy (non-hydrogen) atoms. The molecule has 0 unspecified atom stereocenters. The summed E-state index contributed by atoms with van der Waals surface area (Å²) in [6, 6.07) is 0. The molecule has 0 radical (unpaired) electrons. The first-order chi connectivity index (χ1) is 7.35. The third-order valence-electron chi connectivity index (χ3n) is 3.81. The second-order valence-electron chi connectivity index (χ2n) is 6.17. The van der Waals surface area contributed by atoms with E-state index in [0.29, 0.717) is 5.92 Å². The number of rotatable bonds is 0. The summed E-state index contributed by atoms with van der Waals surface area (Å²) in [6.07, 6.45) is 5.07. The van der Waals surface area contributed by atoms with Gasteiger partial charge in [0.15, 0.2) is 5.11 Å². The summed E-state index contributed by atoms with van der Waals surface area (Å²) < 4.78 is 0. The standard InChI is InChI=1S/C12H23N3S/c1-9-7-5-6-8-12(9)13-10(16)15(14-12)11(2,3)4/h9,14H,5-8H2,1-4H3,(H,13,16)/t9-,12+/m1/s1. The minimum atomic E-state index is 0.0165. The highest BCUT2D eigenvalue weighted by atomic mass is 32.1. The summed E-state index contributed by atoms with van der Waals surface area (Å²) >= 11 is 5.45. The fraction of sp³-hybridized carbons (Fsp3) is 0.917. The van der Waals surface area contributed by atoms with Crippen LogP contribution in [0.1, 0.15) is 53.4 Å². The zero-order chi connectivity index (χ0) is 12.0. The van der Waals surface area contributed by atoms with Crippen molar-refractivity contribution in [1.82, 2.24) is 15.8 Å². The SMILES string of the molecule is C[C@@H]1CCCC[C@@]12NC(=S)N(C(C)(C)C)N2. The van der Waals surface area contributed by atoms with Crippen LogP contribution in [0.4, 0.5) is 0 Å². The van der Waals surface area contributed by atoms with Crippen LogP contribution in [0.25, 0.3) is 0 Å². The minimum Gasteiger partial charge on any atom is -0.342 e. The monoisotopic (exact) mass is 241 g/mol. The lowest BCUT2D eigenvalue weighted by Crippen LogP contribution is -2.59. The molecule has 0 aromatic carbocycles. The molecule has 1 aliphatic carbocycles. The lowest BCUT2D eigenvalue weighted by atomic mass is 9.80. The predicted molar refractivity (Wildman–Crippen MR) is 70.8 cm³/mol. The normalized spacial score (nSPS) is 35.6. The maximum Gasteiger partial charge on any atom is 0.185 e. The summed E-state index contributed by atoms with van der Waals surface area (Å²) in [5, 5.41) is 6.49. The molecular formula is C12H23N3S. The Kier molecular flexibility index (Phi) is 2.91. The Morgan fingerprint density at radius 3 is 2.56 bits per heavy atom. The van der Waals surface area contributed by atoms with E-state index in [-0.39, 0.29) is 11.2 Å². The summed E-state index contributed by atoms with van der Waals surface area (Å²) in [5.41, 5.74) is 3.68. The highest BCUT2D eigenvalue weighted by molar-refractivity contribution is 7.80. The van der Waals surface area contributed by atoms with Crippen molar-refractivity contribution in [3.8, 4) is 0 Å². The first kappa shape index (κ1) is 12.1. The molecule has 2 rings (SSSR count). The van der Waals surface area contributed by atoms with E-state index in [4.69, 9.17) is 12.2 Å². The molecule has 2 fully saturated rings. The number of nitrogens with one attached hydrogen (secondary N) is 2. The van der Waals surface area contributed by atoms with E-state index in [1.54, 1.807) is 0 Å². The molecule has 0 aromatic rings. The molecule has 4 heteroatoms. The van der Waals surface area contributed by atoms with Crippen LogP contribution < -0.4 is 10.7 Å². The zero-order valence-corrected chi connectivity index (χ0v) is 11.6. The van der Waals surface area contributed by atoms with Crippen LogP contribution in [0.3, 0.4) is 0 Å². The molecule has 1 saturated heterocycles. The smallest absolute Gasteiger partial charge is 0.185 e. The van der Waals surface area contributed by atoms with Crippen LogP contribution in [0.2, 0.25) is 0 Å². The largest absolute Gasteiger partial charge is 0.342 e. The summed E-state index contributed by atoms with van der Waals surface area (Å²) in [6.45, 7) is 8.86. The molecule has 0 aromatic heterocycles. The van der Waals surface area contributed by atoms with Crippen molar-refractivity contribution < 1.29 is 0 Å². The Balaban J connectivity index is 2.19. The van der Waals surface area contributed by atoms with Gasteiger partial charge in [-0.25, -0.2) is 5.43 Å². The number of hydrogen-bond donors (Lipinski definition) is 2. The molecule has 2 atom stereocenters. The van der Waals surface area contributed by atoms with E-state index in [9.17, 15) is 0 Å². The summed E-state index contributed by atoms with van der Waals surface area (Å²) in [4.78, 5) is 0. The van der Waals surface area contributed by atoms with Crippen LogP contribution in [0.5, 0.6) is 0 Å². The van der Waals surface area contributed by atoms with Crippen molar-refractivity contribution in [3.63, 3.8) is 0 Å². The third kappa shape index (κ3) is 1.93. The molecule has 2 N–H and O–H groups in total. The predicted octanol–water partition coefficient (Wildman–Crippen LogP) is 2.39. The molecular weight excluding hydrogens is 218 g/mol. The summed E-state index contributed by atoms with van der Waals surface area (Å²) in [5.74, 6) is 0.631. The maximum absolute atomic E-state index is 5.45. The van der Waals surface area contributed by atoms with Gasteiger partial charge in [-0.2, -0.15) is 0 Å². The van der Waals surface area contributed by atoms with Gasteiger partial charge in [0.05, 0.1) is 5.54 Å². The van der Waals surface area contributed by atoms with E-state index < -0.39 is 0 Å². The van der Waals surface area contributed by atoms with Gasteiger partial charge in [-0.1, -0.05) is 13.3 Å². The first-order valence-corrected chi connectivity index (χ1v) is 6.66. The van der Waals surface area contributed by atoms with Crippen LogP contribution in [0, 0.1) is 5.92 Å². The van der Waals surface area contributed by atoms with E-state index in [2.05, 4.69) is 43.4 Å². The van der Waals surface area contributed by atoms with E-state index >= 15 is 0 Å².